The first kappa shape index (κ1) is 18.2. The number of aromatic nitrogens is 2. The molecular weight excluding hydrogens is 318 g/mol. The Kier molecular flexibility index (Phi) is 6.31. The minimum atomic E-state index is 0.0384. The second-order valence-electron chi connectivity index (χ2n) is 7.05. The number of likely N-dealkylation sites (tertiary alicyclic amines) is 1. The lowest BCUT2D eigenvalue weighted by atomic mass is 10.2. The van der Waals surface area contributed by atoms with Crippen molar-refractivity contribution in [1.29, 1.82) is 0 Å². The minimum absolute atomic E-state index is 0.0384. The summed E-state index contributed by atoms with van der Waals surface area (Å²) in [5, 5.41) is 7.60. The van der Waals surface area contributed by atoms with Crippen LogP contribution in [0, 0.1) is 6.92 Å². The molecule has 1 N–H and O–H groups in total. The van der Waals surface area contributed by atoms with Crippen LogP contribution in [0.3, 0.4) is 0 Å². The standard InChI is InChI=1S/C18H31N5O2/c1-3-4-6-23-13-16(15(2)20-23)12-19-18(24)22-7-5-17(14-22)21-8-10-25-11-9-21/h13,17H,3-12,14H2,1-2H3,(H,19,24). The van der Waals surface area contributed by atoms with Gasteiger partial charge in [-0.3, -0.25) is 9.58 Å². The van der Waals surface area contributed by atoms with Crippen LogP contribution in [-0.2, 0) is 17.8 Å². The van der Waals surface area contributed by atoms with E-state index in [-0.39, 0.29) is 6.03 Å². The van der Waals surface area contributed by atoms with Crippen molar-refractivity contribution in [2.75, 3.05) is 39.4 Å². The molecule has 25 heavy (non-hydrogen) atoms. The Morgan fingerprint density at radius 1 is 1.36 bits per heavy atom. The zero-order chi connectivity index (χ0) is 17.6. The molecule has 0 bridgehead atoms. The topological polar surface area (TPSA) is 62.6 Å². The maximum Gasteiger partial charge on any atom is 0.317 e. The van der Waals surface area contributed by atoms with Crippen LogP contribution in [0.15, 0.2) is 6.20 Å². The second kappa shape index (κ2) is 8.67. The number of amides is 2. The highest BCUT2D eigenvalue weighted by Crippen LogP contribution is 2.17. The molecule has 2 aliphatic heterocycles. The summed E-state index contributed by atoms with van der Waals surface area (Å²) in [6, 6.07) is 0.518. The van der Waals surface area contributed by atoms with Crippen LogP contribution in [0.4, 0.5) is 4.79 Å². The van der Waals surface area contributed by atoms with E-state index in [1.807, 2.05) is 16.5 Å². The van der Waals surface area contributed by atoms with Crippen LogP contribution >= 0.6 is 0 Å². The molecule has 1 aromatic rings. The van der Waals surface area contributed by atoms with Crippen molar-refractivity contribution < 1.29 is 9.53 Å². The normalized spacial score (nSPS) is 21.7. The van der Waals surface area contributed by atoms with Gasteiger partial charge in [-0.25, -0.2) is 4.79 Å². The predicted octanol–water partition coefficient (Wildman–Crippen LogP) is 1.61. The van der Waals surface area contributed by atoms with Gasteiger partial charge in [0, 0.05) is 57.1 Å². The maximum atomic E-state index is 12.5. The Hall–Kier alpha value is -1.60. The molecule has 3 rings (SSSR count). The number of urea groups is 1. The molecule has 140 valence electrons. The van der Waals surface area contributed by atoms with Gasteiger partial charge in [0.25, 0.3) is 0 Å². The zero-order valence-corrected chi connectivity index (χ0v) is 15.5. The van der Waals surface area contributed by atoms with Gasteiger partial charge >= 0.3 is 6.03 Å². The summed E-state index contributed by atoms with van der Waals surface area (Å²) < 4.78 is 7.41. The largest absolute Gasteiger partial charge is 0.379 e. The number of nitrogens with zero attached hydrogens (tertiary/aromatic N) is 4. The van der Waals surface area contributed by atoms with Crippen molar-refractivity contribution in [1.82, 2.24) is 24.9 Å². The molecule has 1 atom stereocenters. The molecule has 0 aromatic carbocycles. The third-order valence-corrected chi connectivity index (χ3v) is 5.23. The molecule has 3 heterocycles. The van der Waals surface area contributed by atoms with Crippen LogP contribution in [-0.4, -0.2) is 71.0 Å². The van der Waals surface area contributed by atoms with E-state index in [0.717, 1.165) is 76.5 Å². The number of nitrogens with one attached hydrogen (secondary N) is 1. The number of unbranched alkanes of at least 4 members (excludes halogenated alkanes) is 1. The van der Waals surface area contributed by atoms with E-state index in [1.165, 1.54) is 0 Å². The number of aryl methyl sites for hydroxylation is 2. The zero-order valence-electron chi connectivity index (χ0n) is 15.5. The van der Waals surface area contributed by atoms with Gasteiger partial charge in [-0.15, -0.1) is 0 Å². The fraction of sp³-hybridized carbons (Fsp3) is 0.778. The van der Waals surface area contributed by atoms with E-state index < -0.39 is 0 Å². The van der Waals surface area contributed by atoms with Crippen molar-refractivity contribution >= 4 is 6.03 Å². The Morgan fingerprint density at radius 3 is 2.92 bits per heavy atom. The van der Waals surface area contributed by atoms with Gasteiger partial charge in [-0.1, -0.05) is 13.3 Å². The number of hydrogen-bond acceptors (Lipinski definition) is 4. The van der Waals surface area contributed by atoms with Crippen molar-refractivity contribution in [3.8, 4) is 0 Å². The highest BCUT2D eigenvalue weighted by molar-refractivity contribution is 5.74. The molecule has 0 spiro atoms. The van der Waals surface area contributed by atoms with Crippen molar-refractivity contribution in [3.05, 3.63) is 17.5 Å². The van der Waals surface area contributed by atoms with E-state index >= 15 is 0 Å². The molecule has 1 aromatic heterocycles. The van der Waals surface area contributed by atoms with Crippen LogP contribution in [0.5, 0.6) is 0 Å². The maximum absolute atomic E-state index is 12.5. The van der Waals surface area contributed by atoms with E-state index in [0.29, 0.717) is 12.6 Å². The van der Waals surface area contributed by atoms with Crippen molar-refractivity contribution in [3.63, 3.8) is 0 Å². The lowest BCUT2D eigenvalue weighted by Gasteiger charge is -2.32. The van der Waals surface area contributed by atoms with Gasteiger partial charge in [0.1, 0.15) is 0 Å². The summed E-state index contributed by atoms with van der Waals surface area (Å²) in [7, 11) is 0. The molecule has 2 fully saturated rings. The molecule has 1 unspecified atom stereocenters. The van der Waals surface area contributed by atoms with Gasteiger partial charge in [0.15, 0.2) is 0 Å². The molecule has 7 nitrogen and oxygen atoms in total. The molecule has 2 saturated heterocycles. The number of ether oxygens (including phenoxy) is 1. The summed E-state index contributed by atoms with van der Waals surface area (Å²) >= 11 is 0. The van der Waals surface area contributed by atoms with Crippen LogP contribution in [0.2, 0.25) is 0 Å². The first-order valence-electron chi connectivity index (χ1n) is 9.55. The Morgan fingerprint density at radius 2 is 2.16 bits per heavy atom. The number of rotatable bonds is 6. The van der Waals surface area contributed by atoms with Crippen molar-refractivity contribution in [2.24, 2.45) is 0 Å². The van der Waals surface area contributed by atoms with E-state index in [4.69, 9.17) is 4.74 Å². The van der Waals surface area contributed by atoms with E-state index in [9.17, 15) is 4.79 Å². The molecule has 2 amide bonds. The summed E-state index contributed by atoms with van der Waals surface area (Å²) in [6.45, 7) is 10.9. The molecule has 7 heteroatoms. The van der Waals surface area contributed by atoms with E-state index in [2.05, 4.69) is 28.4 Å². The number of carbonyl (C=O) groups is 1. The molecule has 2 aliphatic rings. The van der Waals surface area contributed by atoms with Crippen LogP contribution < -0.4 is 5.32 Å². The number of carbonyl (C=O) groups excluding carboxylic acids is 1. The number of hydrogen-bond donors (Lipinski definition) is 1. The fourth-order valence-corrected chi connectivity index (χ4v) is 3.62. The highest BCUT2D eigenvalue weighted by Gasteiger charge is 2.31. The average Bonchev–Trinajstić information content (AvgIpc) is 3.26. The molecule has 0 aliphatic carbocycles. The molecule has 0 saturated carbocycles. The third kappa shape index (κ3) is 4.73. The smallest absolute Gasteiger partial charge is 0.317 e. The lowest BCUT2D eigenvalue weighted by molar-refractivity contribution is 0.0191. The van der Waals surface area contributed by atoms with Crippen LogP contribution in [0.25, 0.3) is 0 Å². The fourth-order valence-electron chi connectivity index (χ4n) is 3.62. The monoisotopic (exact) mass is 349 g/mol. The number of morpholine rings is 1. The first-order valence-corrected chi connectivity index (χ1v) is 9.55. The van der Waals surface area contributed by atoms with Crippen molar-refractivity contribution in [2.45, 2.75) is 52.2 Å². The predicted molar refractivity (Wildman–Crippen MR) is 96.5 cm³/mol. The summed E-state index contributed by atoms with van der Waals surface area (Å²) in [4.78, 5) is 16.9. The molecule has 0 radical (unpaired) electrons. The highest BCUT2D eigenvalue weighted by atomic mass is 16.5. The van der Waals surface area contributed by atoms with Gasteiger partial charge in [-0.05, 0) is 19.8 Å². The summed E-state index contributed by atoms with van der Waals surface area (Å²) in [5.74, 6) is 0. The quantitative estimate of drug-likeness (QED) is 0.847. The van der Waals surface area contributed by atoms with Gasteiger partial charge in [-0.2, -0.15) is 5.10 Å². The van der Waals surface area contributed by atoms with Gasteiger partial charge < -0.3 is 15.0 Å². The summed E-state index contributed by atoms with van der Waals surface area (Å²) in [6.07, 6.45) is 5.40. The third-order valence-electron chi connectivity index (χ3n) is 5.23. The first-order chi connectivity index (χ1) is 12.2. The average molecular weight is 349 g/mol. The van der Waals surface area contributed by atoms with E-state index in [1.54, 1.807) is 0 Å². The Balaban J connectivity index is 1.46. The Labute approximate surface area is 150 Å². The Bertz CT molecular complexity index is 568. The summed E-state index contributed by atoms with van der Waals surface area (Å²) in [5.41, 5.74) is 2.11. The van der Waals surface area contributed by atoms with Gasteiger partial charge in [0.2, 0.25) is 0 Å². The SMILES string of the molecule is CCCCn1cc(CNC(=O)N2CCC(N3CCOCC3)C2)c(C)n1. The second-order valence-corrected chi connectivity index (χ2v) is 7.05. The van der Waals surface area contributed by atoms with Gasteiger partial charge in [0.05, 0.1) is 18.9 Å². The lowest BCUT2D eigenvalue weighted by Crippen LogP contribution is -2.46. The molecular formula is C18H31N5O2. The van der Waals surface area contributed by atoms with Crippen LogP contribution in [0.1, 0.15) is 37.4 Å². The minimum Gasteiger partial charge on any atom is -0.379 e.